The lowest BCUT2D eigenvalue weighted by molar-refractivity contribution is 0.731. The topological polar surface area (TPSA) is 49.8 Å². The Morgan fingerprint density at radius 3 is 2.77 bits per heavy atom. The summed E-state index contributed by atoms with van der Waals surface area (Å²) in [7, 11) is 0. The maximum atomic E-state index is 8.47. The summed E-state index contributed by atoms with van der Waals surface area (Å²) in [5.74, 6) is 0. The van der Waals surface area contributed by atoms with Gasteiger partial charge in [-0.05, 0) is 24.5 Å². The van der Waals surface area contributed by atoms with Crippen LogP contribution in [0.3, 0.4) is 0 Å². The van der Waals surface area contributed by atoms with E-state index in [1.165, 1.54) is 0 Å². The third-order valence-electron chi connectivity index (χ3n) is 1.85. The molecule has 13 heavy (non-hydrogen) atoms. The smallest absolute Gasteiger partial charge is 0.0931 e. The Hall–Kier alpha value is -1.04. The first-order chi connectivity index (χ1) is 6.24. The minimum atomic E-state index is -0.392. The summed E-state index contributed by atoms with van der Waals surface area (Å²) in [5, 5.41) is 9.22. The standard InChI is InChI=1S/C10H11ClN2/c11-10-4-2-1-3-8(10)5-6-9(13)7-12/h1-4,9H,5-6,13H2. The number of hydrogen-bond acceptors (Lipinski definition) is 2. The number of halogens is 1. The van der Waals surface area contributed by atoms with Crippen molar-refractivity contribution < 1.29 is 0 Å². The summed E-state index contributed by atoms with van der Waals surface area (Å²) in [4.78, 5) is 0. The van der Waals surface area contributed by atoms with Gasteiger partial charge in [0, 0.05) is 5.02 Å². The number of rotatable bonds is 3. The van der Waals surface area contributed by atoms with E-state index < -0.39 is 6.04 Å². The van der Waals surface area contributed by atoms with Gasteiger partial charge in [-0.3, -0.25) is 0 Å². The Kier molecular flexibility index (Phi) is 3.75. The second-order valence-electron chi connectivity index (χ2n) is 2.87. The summed E-state index contributed by atoms with van der Waals surface area (Å²) >= 11 is 5.93. The van der Waals surface area contributed by atoms with Gasteiger partial charge in [0.1, 0.15) is 0 Å². The lowest BCUT2D eigenvalue weighted by atomic mass is 10.1. The van der Waals surface area contributed by atoms with Crippen LogP contribution in [0, 0.1) is 11.3 Å². The summed E-state index contributed by atoms with van der Waals surface area (Å²) in [6.07, 6.45) is 1.41. The highest BCUT2D eigenvalue weighted by atomic mass is 35.5. The average molecular weight is 195 g/mol. The fraction of sp³-hybridized carbons (Fsp3) is 0.300. The van der Waals surface area contributed by atoms with Crippen LogP contribution in [0.1, 0.15) is 12.0 Å². The SMILES string of the molecule is N#CC(N)CCc1ccccc1Cl. The molecule has 0 spiro atoms. The summed E-state index contributed by atoms with van der Waals surface area (Å²) in [6, 6.07) is 9.20. The summed E-state index contributed by atoms with van der Waals surface area (Å²) in [6.45, 7) is 0. The quantitative estimate of drug-likeness (QED) is 0.802. The zero-order valence-electron chi connectivity index (χ0n) is 7.20. The number of hydrogen-bond donors (Lipinski definition) is 1. The Bertz CT molecular complexity index is 317. The van der Waals surface area contributed by atoms with E-state index in [2.05, 4.69) is 0 Å². The second kappa shape index (κ2) is 4.86. The van der Waals surface area contributed by atoms with Gasteiger partial charge in [0.2, 0.25) is 0 Å². The van der Waals surface area contributed by atoms with Crippen molar-refractivity contribution in [2.75, 3.05) is 0 Å². The second-order valence-corrected chi connectivity index (χ2v) is 3.27. The predicted molar refractivity (Wildman–Crippen MR) is 53.4 cm³/mol. The minimum Gasteiger partial charge on any atom is -0.316 e. The number of benzene rings is 1. The molecule has 0 saturated carbocycles. The molecule has 0 saturated heterocycles. The van der Waals surface area contributed by atoms with E-state index in [4.69, 9.17) is 22.6 Å². The van der Waals surface area contributed by atoms with Crippen LogP contribution in [0.25, 0.3) is 0 Å². The molecule has 0 bridgehead atoms. The van der Waals surface area contributed by atoms with Gasteiger partial charge in [-0.2, -0.15) is 5.26 Å². The van der Waals surface area contributed by atoms with Crippen LogP contribution in [-0.2, 0) is 6.42 Å². The summed E-state index contributed by atoms with van der Waals surface area (Å²) < 4.78 is 0. The van der Waals surface area contributed by atoms with Gasteiger partial charge in [-0.1, -0.05) is 29.8 Å². The van der Waals surface area contributed by atoms with Crippen molar-refractivity contribution in [1.82, 2.24) is 0 Å². The highest BCUT2D eigenvalue weighted by Gasteiger charge is 2.02. The molecule has 0 aliphatic rings. The summed E-state index contributed by atoms with van der Waals surface area (Å²) in [5.41, 5.74) is 6.52. The zero-order chi connectivity index (χ0) is 9.68. The van der Waals surface area contributed by atoms with Crippen molar-refractivity contribution in [3.05, 3.63) is 34.9 Å². The first-order valence-corrected chi connectivity index (χ1v) is 4.50. The molecule has 1 unspecified atom stereocenters. The van der Waals surface area contributed by atoms with Gasteiger partial charge in [0.05, 0.1) is 12.1 Å². The van der Waals surface area contributed by atoms with Gasteiger partial charge in [-0.25, -0.2) is 0 Å². The molecule has 1 rings (SSSR count). The molecule has 0 heterocycles. The van der Waals surface area contributed by atoms with Crippen molar-refractivity contribution in [3.8, 4) is 6.07 Å². The average Bonchev–Trinajstić information content (AvgIpc) is 2.16. The van der Waals surface area contributed by atoms with Crippen molar-refractivity contribution in [1.29, 1.82) is 5.26 Å². The van der Waals surface area contributed by atoms with Gasteiger partial charge in [0.25, 0.3) is 0 Å². The normalized spacial score (nSPS) is 12.1. The molecule has 1 aromatic carbocycles. The third kappa shape index (κ3) is 3.06. The van der Waals surface area contributed by atoms with Gasteiger partial charge < -0.3 is 5.73 Å². The highest BCUT2D eigenvalue weighted by molar-refractivity contribution is 6.31. The molecule has 0 aliphatic carbocycles. The molecule has 0 aliphatic heterocycles. The molecular formula is C10H11ClN2. The maximum Gasteiger partial charge on any atom is 0.0931 e. The highest BCUT2D eigenvalue weighted by Crippen LogP contribution is 2.16. The molecule has 68 valence electrons. The van der Waals surface area contributed by atoms with Crippen LogP contribution in [0.4, 0.5) is 0 Å². The number of aryl methyl sites for hydroxylation is 1. The van der Waals surface area contributed by atoms with Crippen LogP contribution in [0.2, 0.25) is 5.02 Å². The first-order valence-electron chi connectivity index (χ1n) is 4.12. The fourth-order valence-corrected chi connectivity index (χ4v) is 1.31. The number of nitriles is 1. The van der Waals surface area contributed by atoms with Crippen LogP contribution in [0.15, 0.2) is 24.3 Å². The molecule has 2 N–H and O–H groups in total. The lowest BCUT2D eigenvalue weighted by Gasteiger charge is -2.04. The molecule has 0 amide bonds. The van der Waals surface area contributed by atoms with E-state index in [9.17, 15) is 0 Å². The zero-order valence-corrected chi connectivity index (χ0v) is 7.96. The van der Waals surface area contributed by atoms with Gasteiger partial charge >= 0.3 is 0 Å². The Morgan fingerprint density at radius 1 is 1.46 bits per heavy atom. The predicted octanol–water partition coefficient (Wildman–Crippen LogP) is 2.12. The maximum absolute atomic E-state index is 8.47. The van der Waals surface area contributed by atoms with Gasteiger partial charge in [0.15, 0.2) is 0 Å². The van der Waals surface area contributed by atoms with E-state index in [1.54, 1.807) is 0 Å². The molecule has 0 aromatic heterocycles. The molecule has 1 aromatic rings. The number of nitrogens with zero attached hydrogens (tertiary/aromatic N) is 1. The van der Waals surface area contributed by atoms with E-state index in [1.807, 2.05) is 30.3 Å². The Morgan fingerprint density at radius 2 is 2.15 bits per heavy atom. The van der Waals surface area contributed by atoms with Crippen molar-refractivity contribution >= 4 is 11.6 Å². The Labute approximate surface area is 82.9 Å². The van der Waals surface area contributed by atoms with Crippen LogP contribution < -0.4 is 5.73 Å². The largest absolute Gasteiger partial charge is 0.316 e. The monoisotopic (exact) mass is 194 g/mol. The Balaban J connectivity index is 2.56. The van der Waals surface area contributed by atoms with Crippen LogP contribution >= 0.6 is 11.6 Å². The molecule has 2 nitrogen and oxygen atoms in total. The van der Waals surface area contributed by atoms with Crippen molar-refractivity contribution in [2.45, 2.75) is 18.9 Å². The third-order valence-corrected chi connectivity index (χ3v) is 2.22. The van der Waals surface area contributed by atoms with Gasteiger partial charge in [-0.15, -0.1) is 0 Å². The van der Waals surface area contributed by atoms with E-state index in [0.29, 0.717) is 6.42 Å². The molecule has 1 atom stereocenters. The van der Waals surface area contributed by atoms with Crippen molar-refractivity contribution in [2.24, 2.45) is 5.73 Å². The van der Waals surface area contributed by atoms with E-state index in [-0.39, 0.29) is 0 Å². The van der Waals surface area contributed by atoms with Crippen LogP contribution in [-0.4, -0.2) is 6.04 Å². The minimum absolute atomic E-state index is 0.392. The molecular weight excluding hydrogens is 184 g/mol. The molecule has 3 heteroatoms. The van der Waals surface area contributed by atoms with Crippen molar-refractivity contribution in [3.63, 3.8) is 0 Å². The van der Waals surface area contributed by atoms with E-state index >= 15 is 0 Å². The fourth-order valence-electron chi connectivity index (χ4n) is 1.08. The first kappa shape index (κ1) is 10.0. The van der Waals surface area contributed by atoms with E-state index in [0.717, 1.165) is 17.0 Å². The molecule has 0 radical (unpaired) electrons. The molecule has 0 fully saturated rings. The van der Waals surface area contributed by atoms with Crippen LogP contribution in [0.5, 0.6) is 0 Å². The number of nitrogens with two attached hydrogens (primary N) is 1. The lowest BCUT2D eigenvalue weighted by Crippen LogP contribution is -2.17.